The predicted octanol–water partition coefficient (Wildman–Crippen LogP) is 3.29. The third-order valence-electron chi connectivity index (χ3n) is 2.58. The van der Waals surface area contributed by atoms with Crippen LogP contribution in [0.1, 0.15) is 17.2 Å². The van der Waals surface area contributed by atoms with E-state index in [2.05, 4.69) is 4.98 Å². The molecule has 0 radical (unpaired) electrons. The Labute approximate surface area is 124 Å². The van der Waals surface area contributed by atoms with E-state index in [-0.39, 0.29) is 17.1 Å². The fourth-order valence-electron chi connectivity index (χ4n) is 1.63. The molecule has 0 spiro atoms. The van der Waals surface area contributed by atoms with Crippen LogP contribution in [0.5, 0.6) is 0 Å². The molecule has 1 atom stereocenters. The SMILES string of the molecule is OC(c1ccncc1)[c-]1[cH-][cH-][cH-][cH-]1.[Fe].c1cc[cH-]c1. The zero-order valence-electron chi connectivity index (χ0n) is 10.3. The third kappa shape index (κ3) is 4.84. The van der Waals surface area contributed by atoms with Crippen molar-refractivity contribution in [2.45, 2.75) is 6.10 Å². The van der Waals surface area contributed by atoms with Gasteiger partial charge >= 0.3 is 0 Å². The maximum atomic E-state index is 9.85. The van der Waals surface area contributed by atoms with Gasteiger partial charge < -0.3 is 34.9 Å². The molecule has 2 nitrogen and oxygen atoms in total. The summed E-state index contributed by atoms with van der Waals surface area (Å²) in [6.45, 7) is 0. The first kappa shape index (κ1) is 15.4. The Morgan fingerprint density at radius 3 is 2.11 bits per heavy atom. The van der Waals surface area contributed by atoms with Gasteiger partial charge in [0, 0.05) is 29.5 Å². The fourth-order valence-corrected chi connectivity index (χ4v) is 1.63. The van der Waals surface area contributed by atoms with E-state index in [0.29, 0.717) is 0 Å². The van der Waals surface area contributed by atoms with Crippen LogP contribution in [0.25, 0.3) is 0 Å². The van der Waals surface area contributed by atoms with Crippen molar-refractivity contribution in [3.05, 3.63) is 90.3 Å². The van der Waals surface area contributed by atoms with Crippen LogP contribution < -0.4 is 0 Å². The minimum atomic E-state index is -0.530. The first-order valence-electron chi connectivity index (χ1n) is 5.84. The maximum Gasteiger partial charge on any atom is 0.0270 e. The van der Waals surface area contributed by atoms with Gasteiger partial charge in [-0.15, -0.1) is 0 Å². The second-order valence-electron chi connectivity index (χ2n) is 3.86. The molecule has 19 heavy (non-hydrogen) atoms. The Balaban J connectivity index is 0.000000256. The summed E-state index contributed by atoms with van der Waals surface area (Å²) < 4.78 is 0. The average molecular weight is 293 g/mol. The van der Waals surface area contributed by atoms with Gasteiger partial charge in [0.05, 0.1) is 0 Å². The maximum absolute atomic E-state index is 9.85. The minimum Gasteiger partial charge on any atom is -0.747 e. The number of hydrogen-bond acceptors (Lipinski definition) is 2. The fraction of sp³-hybridized carbons (Fsp3) is 0.0625. The Morgan fingerprint density at radius 1 is 1.05 bits per heavy atom. The zero-order chi connectivity index (χ0) is 12.6. The second kappa shape index (κ2) is 8.43. The van der Waals surface area contributed by atoms with Gasteiger partial charge in [0.15, 0.2) is 0 Å². The van der Waals surface area contributed by atoms with Gasteiger partial charge in [0.1, 0.15) is 0 Å². The van der Waals surface area contributed by atoms with E-state index in [1.165, 1.54) is 0 Å². The first-order valence-corrected chi connectivity index (χ1v) is 5.84. The van der Waals surface area contributed by atoms with Gasteiger partial charge in [0.2, 0.25) is 0 Å². The molecule has 3 heteroatoms. The molecule has 1 heterocycles. The van der Waals surface area contributed by atoms with E-state index in [9.17, 15) is 5.11 Å². The Hall–Kier alpha value is -1.67. The van der Waals surface area contributed by atoms with Gasteiger partial charge in [0.25, 0.3) is 0 Å². The summed E-state index contributed by atoms with van der Waals surface area (Å²) in [5.74, 6) is 0. The van der Waals surface area contributed by atoms with Crippen LogP contribution in [-0.4, -0.2) is 10.1 Å². The molecule has 0 aliphatic heterocycles. The minimum absolute atomic E-state index is 0. The standard InChI is InChI=1S/C11H10NO.C5H5.Fe/c13-11(9-3-1-2-4-9)10-5-7-12-8-6-10;1-2-4-5-3-1;/h1-8,11,13H;1-5H;/q-5;-1;. The van der Waals surface area contributed by atoms with Crippen molar-refractivity contribution in [1.82, 2.24) is 4.98 Å². The number of hydrogen-bond donors (Lipinski definition) is 1. The van der Waals surface area contributed by atoms with Crippen molar-refractivity contribution in [3.63, 3.8) is 0 Å². The molecule has 0 saturated heterocycles. The molecule has 0 amide bonds. The van der Waals surface area contributed by atoms with Crippen LogP contribution in [0.2, 0.25) is 0 Å². The number of aliphatic hydroxyl groups is 1. The van der Waals surface area contributed by atoms with Crippen molar-refractivity contribution < 1.29 is 22.2 Å². The number of aromatic nitrogens is 1. The smallest absolute Gasteiger partial charge is 0.0270 e. The summed E-state index contributed by atoms with van der Waals surface area (Å²) in [4.78, 5) is 3.90. The molecule has 1 aromatic heterocycles. The van der Waals surface area contributed by atoms with Gasteiger partial charge in [-0.25, -0.2) is 12.1 Å². The van der Waals surface area contributed by atoms with Gasteiger partial charge in [-0.3, -0.25) is 4.98 Å². The number of nitrogens with zero attached hydrogens (tertiary/aromatic N) is 1. The largest absolute Gasteiger partial charge is 0.747 e. The average Bonchev–Trinajstić information content (AvgIpc) is 3.14. The third-order valence-corrected chi connectivity index (χ3v) is 2.58. The molecule has 0 saturated carbocycles. The molecule has 0 aliphatic carbocycles. The molecule has 1 unspecified atom stereocenters. The van der Waals surface area contributed by atoms with Gasteiger partial charge in [-0.2, -0.15) is 18.2 Å². The van der Waals surface area contributed by atoms with E-state index in [1.807, 2.05) is 66.7 Å². The summed E-state index contributed by atoms with van der Waals surface area (Å²) in [6, 6.07) is 21.3. The second-order valence-corrected chi connectivity index (χ2v) is 3.86. The van der Waals surface area contributed by atoms with E-state index in [0.717, 1.165) is 11.1 Å². The van der Waals surface area contributed by atoms with E-state index in [4.69, 9.17) is 0 Å². The number of rotatable bonds is 2. The molecular weight excluding hydrogens is 278 g/mol. The summed E-state index contributed by atoms with van der Waals surface area (Å²) >= 11 is 0. The molecule has 2 aromatic carbocycles. The predicted molar refractivity (Wildman–Crippen MR) is 72.4 cm³/mol. The van der Waals surface area contributed by atoms with Crippen LogP contribution in [0.15, 0.2) is 79.1 Å². The quantitative estimate of drug-likeness (QED) is 0.581. The topological polar surface area (TPSA) is 33.1 Å². The summed E-state index contributed by atoms with van der Waals surface area (Å²) in [7, 11) is 0. The van der Waals surface area contributed by atoms with Gasteiger partial charge in [-0.1, -0.05) is 6.10 Å². The van der Waals surface area contributed by atoms with Crippen molar-refractivity contribution in [2.75, 3.05) is 0 Å². The summed E-state index contributed by atoms with van der Waals surface area (Å²) in [6.07, 6.45) is 2.83. The Morgan fingerprint density at radius 2 is 1.63 bits per heavy atom. The van der Waals surface area contributed by atoms with Crippen molar-refractivity contribution >= 4 is 0 Å². The van der Waals surface area contributed by atoms with Crippen molar-refractivity contribution in [2.24, 2.45) is 0 Å². The summed E-state index contributed by atoms with van der Waals surface area (Å²) in [5, 5.41) is 9.85. The molecular formula is C16H15FeNO-6. The molecule has 3 aromatic rings. The summed E-state index contributed by atoms with van der Waals surface area (Å²) in [5.41, 5.74) is 1.80. The number of aliphatic hydroxyl groups excluding tert-OH is 1. The van der Waals surface area contributed by atoms with Crippen LogP contribution >= 0.6 is 0 Å². The molecule has 3 rings (SSSR count). The molecule has 1 N–H and O–H groups in total. The Kier molecular flexibility index (Phi) is 6.83. The van der Waals surface area contributed by atoms with Crippen molar-refractivity contribution in [3.8, 4) is 0 Å². The van der Waals surface area contributed by atoms with Crippen LogP contribution in [-0.2, 0) is 17.1 Å². The van der Waals surface area contributed by atoms with E-state index >= 15 is 0 Å². The molecule has 0 fully saturated rings. The van der Waals surface area contributed by atoms with Crippen LogP contribution in [0.4, 0.5) is 0 Å². The molecule has 0 aliphatic rings. The Bertz CT molecular complexity index is 500. The first-order chi connectivity index (χ1) is 8.88. The molecule has 104 valence electrons. The monoisotopic (exact) mass is 293 g/mol. The molecule has 0 bridgehead atoms. The van der Waals surface area contributed by atoms with E-state index < -0.39 is 6.10 Å². The van der Waals surface area contributed by atoms with Gasteiger partial charge in [-0.05, 0) is 17.7 Å². The number of pyridine rings is 1. The van der Waals surface area contributed by atoms with Crippen molar-refractivity contribution in [1.29, 1.82) is 0 Å². The van der Waals surface area contributed by atoms with E-state index in [1.54, 1.807) is 12.4 Å². The van der Waals surface area contributed by atoms with Crippen LogP contribution in [0, 0.1) is 0 Å². The van der Waals surface area contributed by atoms with Crippen LogP contribution in [0.3, 0.4) is 0 Å². The zero-order valence-corrected chi connectivity index (χ0v) is 11.4. The normalized spacial score (nSPS) is 10.8.